The lowest BCUT2D eigenvalue weighted by Crippen LogP contribution is -2.45. The van der Waals surface area contributed by atoms with E-state index >= 15 is 0 Å². The van der Waals surface area contributed by atoms with E-state index in [4.69, 9.17) is 5.11 Å². The Morgan fingerprint density at radius 1 is 1.29 bits per heavy atom. The Bertz CT molecular complexity index is 579. The van der Waals surface area contributed by atoms with Crippen molar-refractivity contribution in [3.63, 3.8) is 0 Å². The van der Waals surface area contributed by atoms with Crippen LogP contribution in [0.25, 0.3) is 0 Å². The highest BCUT2D eigenvalue weighted by Crippen LogP contribution is 2.27. The van der Waals surface area contributed by atoms with Gasteiger partial charge in [-0.3, -0.25) is 0 Å². The minimum atomic E-state index is -4.34. The second-order valence-corrected chi connectivity index (χ2v) is 7.14. The maximum atomic E-state index is 13.3. The van der Waals surface area contributed by atoms with Crippen LogP contribution >= 0.6 is 67.8 Å². The van der Waals surface area contributed by atoms with Crippen LogP contribution in [0.3, 0.4) is 0 Å². The molecule has 0 radical (unpaired) electrons. The predicted molar refractivity (Wildman–Crippen MR) is 93.4 cm³/mol. The van der Waals surface area contributed by atoms with Crippen LogP contribution in [-0.2, 0) is 14.3 Å². The molecule has 0 saturated carbocycles. The summed E-state index contributed by atoms with van der Waals surface area (Å²) in [5, 5.41) is 8.44. The van der Waals surface area contributed by atoms with E-state index in [-0.39, 0.29) is 5.56 Å². The van der Waals surface area contributed by atoms with E-state index in [0.29, 0.717) is 7.14 Å². The Morgan fingerprint density at radius 3 is 2.33 bits per heavy atom. The van der Waals surface area contributed by atoms with Crippen molar-refractivity contribution in [1.29, 1.82) is 0 Å². The summed E-state index contributed by atoms with van der Waals surface area (Å²) in [6.07, 6.45) is -2.51. The molecule has 0 saturated heterocycles. The van der Waals surface area contributed by atoms with E-state index in [1.54, 1.807) is 6.07 Å². The van der Waals surface area contributed by atoms with Gasteiger partial charge >= 0.3 is 17.9 Å². The molecule has 5 nitrogen and oxygen atoms in total. The average Bonchev–Trinajstić information content (AvgIpc) is 2.39. The van der Waals surface area contributed by atoms with Crippen molar-refractivity contribution in [2.45, 2.75) is 12.2 Å². The first-order valence-corrected chi connectivity index (χ1v) is 8.34. The number of esters is 1. The van der Waals surface area contributed by atoms with Crippen LogP contribution < -0.4 is 0 Å². The number of ether oxygens (including phenoxy) is 2. The standard InChI is InChI=1S/C11H7F2I3O5/c1-20-10(11(12,13)9(18)19)21-8(17)5-2-4(14)3-6(15)7(5)16/h2-3,10H,1H3,(H,18,19). The lowest BCUT2D eigenvalue weighted by atomic mass is 10.2. The van der Waals surface area contributed by atoms with Crippen molar-refractivity contribution in [3.8, 4) is 0 Å². The molecule has 1 rings (SSSR count). The molecule has 1 unspecified atom stereocenters. The first-order chi connectivity index (χ1) is 9.61. The zero-order chi connectivity index (χ0) is 16.4. The number of methoxy groups -OCH3 is 1. The maximum absolute atomic E-state index is 13.3. The number of alkyl halides is 2. The van der Waals surface area contributed by atoms with E-state index in [1.807, 2.05) is 67.8 Å². The Labute approximate surface area is 159 Å². The molecule has 116 valence electrons. The molecule has 0 fully saturated rings. The molecule has 10 heteroatoms. The molecule has 21 heavy (non-hydrogen) atoms. The minimum absolute atomic E-state index is 0.0649. The van der Waals surface area contributed by atoms with E-state index in [9.17, 15) is 18.4 Å². The number of rotatable bonds is 5. The third-order valence-corrected chi connectivity index (χ3v) is 5.89. The molecule has 0 heterocycles. The molecule has 1 aromatic carbocycles. The topological polar surface area (TPSA) is 72.8 Å². The van der Waals surface area contributed by atoms with Crippen molar-refractivity contribution in [1.82, 2.24) is 0 Å². The molecule has 0 aromatic heterocycles. The number of carboxylic acids is 1. The van der Waals surface area contributed by atoms with E-state index in [0.717, 1.165) is 10.7 Å². The molecule has 0 bridgehead atoms. The van der Waals surface area contributed by atoms with Crippen LogP contribution in [0.15, 0.2) is 12.1 Å². The number of carboxylic acid groups (broad SMARTS) is 1. The Kier molecular flexibility index (Phi) is 6.98. The van der Waals surface area contributed by atoms with Gasteiger partial charge in [-0.2, -0.15) is 8.78 Å². The van der Waals surface area contributed by atoms with Crippen molar-refractivity contribution in [2.75, 3.05) is 7.11 Å². The third kappa shape index (κ3) is 4.57. The lowest BCUT2D eigenvalue weighted by Gasteiger charge is -2.22. The second-order valence-electron chi connectivity index (χ2n) is 3.65. The zero-order valence-electron chi connectivity index (χ0n) is 10.2. The molecule has 1 atom stereocenters. The number of hydrogen-bond donors (Lipinski definition) is 1. The smallest absolute Gasteiger partial charge is 0.403 e. The summed E-state index contributed by atoms with van der Waals surface area (Å²) in [4.78, 5) is 22.5. The highest BCUT2D eigenvalue weighted by Gasteiger charge is 2.51. The number of benzene rings is 1. The van der Waals surface area contributed by atoms with Gasteiger partial charge in [0, 0.05) is 17.8 Å². The first kappa shape index (κ1) is 19.2. The third-order valence-electron chi connectivity index (χ3n) is 2.22. The number of halogens is 5. The number of carbonyl (C=O) groups is 2. The van der Waals surface area contributed by atoms with Gasteiger partial charge in [0.15, 0.2) is 0 Å². The van der Waals surface area contributed by atoms with Crippen LogP contribution in [0, 0.1) is 10.7 Å². The van der Waals surface area contributed by atoms with Gasteiger partial charge in [-0.25, -0.2) is 9.59 Å². The van der Waals surface area contributed by atoms with Gasteiger partial charge < -0.3 is 14.6 Å². The molecular weight excluding hydrogens is 631 g/mol. The van der Waals surface area contributed by atoms with Gasteiger partial charge in [-0.15, -0.1) is 0 Å². The van der Waals surface area contributed by atoms with E-state index in [2.05, 4.69) is 9.47 Å². The average molecular weight is 638 g/mol. The highest BCUT2D eigenvalue weighted by atomic mass is 127. The summed E-state index contributed by atoms with van der Waals surface area (Å²) < 4.78 is 37.4. The fourth-order valence-corrected chi connectivity index (χ4v) is 3.61. The van der Waals surface area contributed by atoms with Gasteiger partial charge in [0.2, 0.25) is 0 Å². The van der Waals surface area contributed by atoms with Gasteiger partial charge in [0.05, 0.1) is 5.56 Å². The quantitative estimate of drug-likeness (QED) is 0.232. The molecule has 1 N–H and O–H groups in total. The van der Waals surface area contributed by atoms with E-state index < -0.39 is 24.2 Å². The van der Waals surface area contributed by atoms with Crippen molar-refractivity contribution in [3.05, 3.63) is 28.4 Å². The molecule has 0 amide bonds. The Hall–Kier alpha value is 0.170. The van der Waals surface area contributed by atoms with Crippen molar-refractivity contribution >= 4 is 79.7 Å². The molecule has 0 aliphatic rings. The molecule has 1 aromatic rings. The van der Waals surface area contributed by atoms with E-state index in [1.165, 1.54) is 6.07 Å². The Morgan fingerprint density at radius 2 is 1.86 bits per heavy atom. The normalized spacial score (nSPS) is 12.9. The molecule has 0 spiro atoms. The first-order valence-electron chi connectivity index (χ1n) is 5.10. The number of carbonyl (C=O) groups excluding carboxylic acids is 1. The summed E-state index contributed by atoms with van der Waals surface area (Å²) in [7, 11) is 0.832. The summed E-state index contributed by atoms with van der Waals surface area (Å²) in [5.41, 5.74) is 0.0649. The van der Waals surface area contributed by atoms with Crippen LogP contribution in [0.4, 0.5) is 8.78 Å². The van der Waals surface area contributed by atoms with Crippen molar-refractivity contribution in [2.24, 2.45) is 0 Å². The summed E-state index contributed by atoms with van der Waals surface area (Å²) >= 11 is 5.82. The summed E-state index contributed by atoms with van der Waals surface area (Å²) in [5.74, 6) is -7.86. The maximum Gasteiger partial charge on any atom is 0.403 e. The molecule has 0 aliphatic heterocycles. The zero-order valence-corrected chi connectivity index (χ0v) is 16.7. The highest BCUT2D eigenvalue weighted by molar-refractivity contribution is 14.1. The summed E-state index contributed by atoms with van der Waals surface area (Å²) in [6, 6.07) is 3.25. The van der Waals surface area contributed by atoms with Gasteiger partial charge in [0.1, 0.15) is 0 Å². The second kappa shape index (κ2) is 7.63. The van der Waals surface area contributed by atoms with Crippen LogP contribution in [0.5, 0.6) is 0 Å². The minimum Gasteiger partial charge on any atom is -0.477 e. The number of aliphatic carboxylic acids is 1. The summed E-state index contributed by atoms with van der Waals surface area (Å²) in [6.45, 7) is 0. The molecular formula is C11H7F2I3O5. The monoisotopic (exact) mass is 638 g/mol. The van der Waals surface area contributed by atoms with Crippen LogP contribution in [-0.4, -0.2) is 36.4 Å². The fourth-order valence-electron chi connectivity index (χ4n) is 1.24. The number of hydrogen-bond acceptors (Lipinski definition) is 4. The molecule has 0 aliphatic carbocycles. The van der Waals surface area contributed by atoms with Gasteiger partial charge in [-0.1, -0.05) is 0 Å². The fraction of sp³-hybridized carbons (Fsp3) is 0.273. The van der Waals surface area contributed by atoms with Crippen molar-refractivity contribution < 1.29 is 33.0 Å². The van der Waals surface area contributed by atoms with Crippen LogP contribution in [0.2, 0.25) is 0 Å². The Balaban J connectivity index is 3.08. The van der Waals surface area contributed by atoms with Gasteiger partial charge in [-0.05, 0) is 79.9 Å². The lowest BCUT2D eigenvalue weighted by molar-refractivity contribution is -0.231. The van der Waals surface area contributed by atoms with Crippen LogP contribution in [0.1, 0.15) is 10.4 Å². The largest absolute Gasteiger partial charge is 0.477 e. The SMILES string of the molecule is COC(OC(=O)c1cc(I)cc(I)c1I)C(F)(F)C(=O)O. The van der Waals surface area contributed by atoms with Gasteiger partial charge in [0.25, 0.3) is 6.29 Å². The predicted octanol–water partition coefficient (Wildman–Crippen LogP) is 3.35.